The normalized spacial score (nSPS) is 17.7. The Hall–Kier alpha value is -1.02. The van der Waals surface area contributed by atoms with E-state index in [0.717, 1.165) is 11.3 Å². The van der Waals surface area contributed by atoms with E-state index in [9.17, 15) is 0 Å². The van der Waals surface area contributed by atoms with Crippen LogP contribution in [0.2, 0.25) is 0 Å². The molecule has 0 spiro atoms. The Balaban J connectivity index is 0.000000408. The van der Waals surface area contributed by atoms with Gasteiger partial charge in [-0.25, -0.2) is 0 Å². The summed E-state index contributed by atoms with van der Waals surface area (Å²) in [6.45, 7) is 0. The maximum atomic E-state index is 4.82. The fraction of sp³-hybridized carbons (Fsp3) is 0.0800. The number of thioether (sulfide) groups is 1. The quantitative estimate of drug-likeness (QED) is 0.411. The van der Waals surface area contributed by atoms with Gasteiger partial charge in [0.1, 0.15) is 0 Å². The first-order valence-electron chi connectivity index (χ1n) is 9.06. The fourth-order valence-electron chi connectivity index (χ4n) is 2.56. The molecule has 4 rings (SSSR count). The van der Waals surface area contributed by atoms with Crippen molar-refractivity contribution in [2.24, 2.45) is 4.99 Å². The molecule has 0 saturated heterocycles. The molecule has 0 aliphatic heterocycles. The maximum absolute atomic E-state index is 4.82. The van der Waals surface area contributed by atoms with Gasteiger partial charge >= 0.3 is 17.1 Å². The molecule has 0 N–H and O–H groups in total. The number of hydrogen-bond acceptors (Lipinski definition) is 2. The minimum absolute atomic E-state index is 0. The van der Waals surface area contributed by atoms with Gasteiger partial charge in [-0.1, -0.05) is 60.7 Å². The van der Waals surface area contributed by atoms with E-state index in [2.05, 4.69) is 62.1 Å². The van der Waals surface area contributed by atoms with E-state index in [0.29, 0.717) is 0 Å². The minimum Gasteiger partial charge on any atom is -0.284 e. The standard InChI is InChI=1S/C20H18NS.C5H5.Fe/c1-3-9-17(10-4-1)15-21-20(18-11-5-2-6-12-18)16-22-19-13-7-8-14-19;1-2-4-5-3-1;/h1-15,20H,16H2;1-5H;/q;;+2/t20-;;/m1../s1. The molecule has 1 nitrogen and oxygen atoms in total. The van der Waals surface area contributed by atoms with E-state index in [1.807, 2.05) is 74.3 Å². The third-order valence-electron chi connectivity index (χ3n) is 3.98. The number of nitrogens with zero attached hydrogens (tertiary/aromatic N) is 1. The number of hydrogen-bond donors (Lipinski definition) is 0. The van der Waals surface area contributed by atoms with Crippen molar-refractivity contribution >= 4 is 18.0 Å². The smallest absolute Gasteiger partial charge is 0.284 e. The first kappa shape index (κ1) is 23.3. The van der Waals surface area contributed by atoms with Crippen LogP contribution in [0.25, 0.3) is 0 Å². The Labute approximate surface area is 186 Å². The van der Waals surface area contributed by atoms with Crippen LogP contribution < -0.4 is 0 Å². The maximum Gasteiger partial charge on any atom is 2.00 e. The van der Waals surface area contributed by atoms with E-state index >= 15 is 0 Å². The molecule has 0 aromatic heterocycles. The zero-order valence-electron chi connectivity index (χ0n) is 15.5. The Morgan fingerprint density at radius 1 is 0.714 bits per heavy atom. The Morgan fingerprint density at radius 2 is 1.25 bits per heavy atom. The topological polar surface area (TPSA) is 12.4 Å². The molecule has 2 aliphatic rings. The zero-order chi connectivity index (χ0) is 18.6. The van der Waals surface area contributed by atoms with Gasteiger partial charge in [-0.05, 0) is 68.9 Å². The van der Waals surface area contributed by atoms with Crippen molar-refractivity contribution in [3.05, 3.63) is 135 Å². The molecule has 2 aromatic rings. The molecular formula is C25H23FeNS+2. The zero-order valence-corrected chi connectivity index (χ0v) is 17.5. The summed E-state index contributed by atoms with van der Waals surface area (Å²) in [7, 11) is 0. The summed E-state index contributed by atoms with van der Waals surface area (Å²) in [4.78, 5) is 4.82. The second-order valence-electron chi connectivity index (χ2n) is 6.01. The van der Waals surface area contributed by atoms with Crippen LogP contribution >= 0.6 is 11.8 Å². The van der Waals surface area contributed by atoms with Crippen LogP contribution in [-0.4, -0.2) is 12.0 Å². The predicted octanol–water partition coefficient (Wildman–Crippen LogP) is 5.96. The molecule has 140 valence electrons. The summed E-state index contributed by atoms with van der Waals surface area (Å²) in [5.41, 5.74) is 2.40. The van der Waals surface area contributed by atoms with E-state index in [1.165, 1.54) is 10.8 Å². The molecule has 10 radical (unpaired) electrons. The first-order chi connectivity index (χ1) is 13.4. The molecule has 2 aliphatic carbocycles. The van der Waals surface area contributed by atoms with Crippen LogP contribution in [0, 0.1) is 63.0 Å². The van der Waals surface area contributed by atoms with Crippen molar-refractivity contribution in [3.63, 3.8) is 0 Å². The molecule has 0 amide bonds. The van der Waals surface area contributed by atoms with Gasteiger partial charge in [0.15, 0.2) is 0 Å². The van der Waals surface area contributed by atoms with Gasteiger partial charge in [0.2, 0.25) is 0 Å². The summed E-state index contributed by atoms with van der Waals surface area (Å²) in [6, 6.07) is 20.9. The Bertz CT molecular complexity index is 641. The van der Waals surface area contributed by atoms with E-state index < -0.39 is 0 Å². The van der Waals surface area contributed by atoms with Crippen LogP contribution in [-0.2, 0) is 17.1 Å². The summed E-state index contributed by atoms with van der Waals surface area (Å²) in [5.74, 6) is 0.942. The molecule has 0 heterocycles. The Kier molecular flexibility index (Phi) is 11.7. The van der Waals surface area contributed by atoms with Crippen molar-refractivity contribution in [1.29, 1.82) is 0 Å². The van der Waals surface area contributed by atoms with E-state index in [1.54, 1.807) is 0 Å². The molecule has 2 fully saturated rings. The van der Waals surface area contributed by atoms with Gasteiger partial charge in [0, 0.05) is 17.2 Å². The average Bonchev–Trinajstić information content (AvgIpc) is 3.46. The number of aliphatic imine (C=N–C) groups is 1. The van der Waals surface area contributed by atoms with Crippen LogP contribution in [0.15, 0.2) is 65.7 Å². The second kappa shape index (κ2) is 14.0. The van der Waals surface area contributed by atoms with Crippen LogP contribution in [0.3, 0.4) is 0 Å². The third kappa shape index (κ3) is 8.55. The fourth-order valence-corrected chi connectivity index (χ4v) is 3.54. The van der Waals surface area contributed by atoms with Crippen LogP contribution in [0.5, 0.6) is 0 Å². The molecule has 2 aromatic carbocycles. The van der Waals surface area contributed by atoms with Crippen molar-refractivity contribution < 1.29 is 17.1 Å². The second-order valence-corrected chi connectivity index (χ2v) is 7.10. The average molecular weight is 425 g/mol. The van der Waals surface area contributed by atoms with Gasteiger partial charge in [-0.15, -0.1) is 0 Å². The first-order valence-corrected chi connectivity index (χ1v) is 10.0. The van der Waals surface area contributed by atoms with Gasteiger partial charge in [0.05, 0.1) is 6.04 Å². The third-order valence-corrected chi connectivity index (χ3v) is 5.07. The molecular weight excluding hydrogens is 402 g/mol. The summed E-state index contributed by atoms with van der Waals surface area (Å²) in [6.07, 6.45) is 20.4. The number of rotatable bonds is 6. The Morgan fingerprint density at radius 3 is 1.82 bits per heavy atom. The monoisotopic (exact) mass is 425 g/mol. The molecule has 28 heavy (non-hydrogen) atoms. The van der Waals surface area contributed by atoms with Gasteiger partial charge < -0.3 is 0 Å². The largest absolute Gasteiger partial charge is 2.00 e. The van der Waals surface area contributed by atoms with Crippen molar-refractivity contribution in [2.45, 2.75) is 6.04 Å². The van der Waals surface area contributed by atoms with Crippen molar-refractivity contribution in [2.75, 3.05) is 5.75 Å². The molecule has 0 unspecified atom stereocenters. The van der Waals surface area contributed by atoms with Crippen molar-refractivity contribution in [3.8, 4) is 0 Å². The van der Waals surface area contributed by atoms with Crippen molar-refractivity contribution in [1.82, 2.24) is 0 Å². The van der Waals surface area contributed by atoms with Crippen LogP contribution in [0.1, 0.15) is 17.2 Å². The van der Waals surface area contributed by atoms with E-state index in [-0.39, 0.29) is 23.1 Å². The van der Waals surface area contributed by atoms with E-state index in [4.69, 9.17) is 4.99 Å². The number of benzene rings is 2. The van der Waals surface area contributed by atoms with Crippen LogP contribution in [0.4, 0.5) is 0 Å². The molecule has 2 saturated carbocycles. The molecule has 0 bridgehead atoms. The minimum atomic E-state index is 0. The molecule has 1 atom stereocenters. The molecule has 3 heteroatoms. The summed E-state index contributed by atoms with van der Waals surface area (Å²) >= 11 is 1.85. The summed E-state index contributed by atoms with van der Waals surface area (Å²) in [5, 5.41) is 1.30. The predicted molar refractivity (Wildman–Crippen MR) is 118 cm³/mol. The van der Waals surface area contributed by atoms with Gasteiger partial charge in [0.25, 0.3) is 0 Å². The van der Waals surface area contributed by atoms with Gasteiger partial charge in [-0.3, -0.25) is 4.99 Å². The van der Waals surface area contributed by atoms with Gasteiger partial charge in [-0.2, -0.15) is 11.8 Å². The summed E-state index contributed by atoms with van der Waals surface area (Å²) < 4.78 is 0. The SMILES string of the molecule is [CH]1[CH][CH][CH][CH]1.[CH]1[CH][CH][C](SC[C@@H](N=Cc2ccccc2)c2ccccc2)[CH]1.[Fe+2].